The number of nitrogens with zero attached hydrogens (tertiary/aromatic N) is 4. The highest BCUT2D eigenvalue weighted by Crippen LogP contribution is 2.31. The van der Waals surface area contributed by atoms with Crippen LogP contribution in [0.3, 0.4) is 0 Å². The first-order valence-electron chi connectivity index (χ1n) is 8.16. The molecule has 6 heteroatoms. The predicted octanol–water partition coefficient (Wildman–Crippen LogP) is 2.78. The quantitative estimate of drug-likeness (QED) is 0.767. The molecule has 1 aromatic heterocycles. The third-order valence-corrected chi connectivity index (χ3v) is 4.30. The lowest BCUT2D eigenvalue weighted by Gasteiger charge is -2.21. The third-order valence-electron chi connectivity index (χ3n) is 4.30. The molecule has 2 heterocycles. The zero-order valence-electron chi connectivity index (χ0n) is 13.6. The molecule has 2 aromatic rings. The number of carbonyl (C=O) groups excluding carboxylic acids is 1. The number of rotatable bonds is 6. The number of hydrogen-bond donors (Lipinski definition) is 0. The van der Waals surface area contributed by atoms with E-state index in [9.17, 15) is 4.79 Å². The Labute approximate surface area is 136 Å². The van der Waals surface area contributed by atoms with Crippen LogP contribution in [0.25, 0.3) is 5.69 Å². The van der Waals surface area contributed by atoms with E-state index in [1.807, 2.05) is 12.1 Å². The van der Waals surface area contributed by atoms with Crippen molar-refractivity contribution in [2.45, 2.75) is 32.8 Å². The lowest BCUT2D eigenvalue weighted by atomic mass is 10.1. The van der Waals surface area contributed by atoms with Crippen molar-refractivity contribution in [2.24, 2.45) is 0 Å². The number of anilines is 1. The standard InChI is InChI=1S/C17H22N4O2/c1-3-20(4-2)13-7-9-14(10-8-13)21-17(15(12-22)18-19-21)16-6-5-11-23-16/h7-10,12,16H,3-6,11H2,1-2H3. The molecule has 0 bridgehead atoms. The first kappa shape index (κ1) is 15.7. The number of hydrogen-bond acceptors (Lipinski definition) is 5. The highest BCUT2D eigenvalue weighted by molar-refractivity contribution is 5.74. The molecule has 0 spiro atoms. The van der Waals surface area contributed by atoms with Gasteiger partial charge in [0.25, 0.3) is 0 Å². The van der Waals surface area contributed by atoms with Gasteiger partial charge in [-0.1, -0.05) is 5.21 Å². The maximum atomic E-state index is 11.3. The van der Waals surface area contributed by atoms with E-state index in [0.717, 1.165) is 50.2 Å². The first-order valence-corrected chi connectivity index (χ1v) is 8.16. The Hall–Kier alpha value is -2.21. The smallest absolute Gasteiger partial charge is 0.172 e. The largest absolute Gasteiger partial charge is 0.372 e. The van der Waals surface area contributed by atoms with E-state index < -0.39 is 0 Å². The van der Waals surface area contributed by atoms with Gasteiger partial charge in [-0.15, -0.1) is 5.10 Å². The SMILES string of the molecule is CCN(CC)c1ccc(-n2nnc(C=O)c2C2CCCO2)cc1. The molecular formula is C17H22N4O2. The fourth-order valence-electron chi connectivity index (χ4n) is 3.06. The van der Waals surface area contributed by atoms with Gasteiger partial charge < -0.3 is 9.64 Å². The Morgan fingerprint density at radius 3 is 2.61 bits per heavy atom. The minimum Gasteiger partial charge on any atom is -0.372 e. The van der Waals surface area contributed by atoms with E-state index >= 15 is 0 Å². The van der Waals surface area contributed by atoms with Gasteiger partial charge in [0.05, 0.1) is 5.69 Å². The number of aldehydes is 1. The number of ether oxygens (including phenoxy) is 1. The third kappa shape index (κ3) is 2.99. The van der Waals surface area contributed by atoms with E-state index in [4.69, 9.17) is 4.74 Å². The summed E-state index contributed by atoms with van der Waals surface area (Å²) in [5.41, 5.74) is 3.19. The maximum Gasteiger partial charge on any atom is 0.172 e. The lowest BCUT2D eigenvalue weighted by Crippen LogP contribution is -2.21. The van der Waals surface area contributed by atoms with Crippen LogP contribution < -0.4 is 4.90 Å². The van der Waals surface area contributed by atoms with Gasteiger partial charge in [0.2, 0.25) is 0 Å². The molecule has 23 heavy (non-hydrogen) atoms. The highest BCUT2D eigenvalue weighted by Gasteiger charge is 2.27. The Kier molecular flexibility index (Phi) is 4.71. The summed E-state index contributed by atoms with van der Waals surface area (Å²) in [7, 11) is 0. The molecule has 122 valence electrons. The molecular weight excluding hydrogens is 292 g/mol. The molecule has 0 aliphatic carbocycles. The van der Waals surface area contributed by atoms with Crippen LogP contribution in [0.5, 0.6) is 0 Å². The molecule has 1 unspecified atom stereocenters. The van der Waals surface area contributed by atoms with Gasteiger partial charge in [-0.05, 0) is 51.0 Å². The zero-order valence-corrected chi connectivity index (χ0v) is 13.6. The average molecular weight is 314 g/mol. The van der Waals surface area contributed by atoms with E-state index in [0.29, 0.717) is 5.69 Å². The van der Waals surface area contributed by atoms with Crippen molar-refractivity contribution in [3.8, 4) is 5.69 Å². The van der Waals surface area contributed by atoms with Crippen LogP contribution in [0.2, 0.25) is 0 Å². The van der Waals surface area contributed by atoms with E-state index in [1.165, 1.54) is 5.69 Å². The van der Waals surface area contributed by atoms with Gasteiger partial charge in [0.15, 0.2) is 12.0 Å². The number of aromatic nitrogens is 3. The van der Waals surface area contributed by atoms with E-state index in [-0.39, 0.29) is 6.10 Å². The Morgan fingerprint density at radius 1 is 1.30 bits per heavy atom. The Morgan fingerprint density at radius 2 is 2.04 bits per heavy atom. The fourth-order valence-corrected chi connectivity index (χ4v) is 3.06. The number of benzene rings is 1. The molecule has 1 saturated heterocycles. The summed E-state index contributed by atoms with van der Waals surface area (Å²) in [5, 5.41) is 8.16. The van der Waals surface area contributed by atoms with Crippen LogP contribution in [0.15, 0.2) is 24.3 Å². The molecule has 0 saturated carbocycles. The fraction of sp³-hybridized carbons (Fsp3) is 0.471. The van der Waals surface area contributed by atoms with Crippen LogP contribution in [0.1, 0.15) is 49.0 Å². The molecule has 3 rings (SSSR count). The van der Waals surface area contributed by atoms with Crippen molar-refractivity contribution >= 4 is 12.0 Å². The zero-order chi connectivity index (χ0) is 16.2. The summed E-state index contributed by atoms with van der Waals surface area (Å²) in [4.78, 5) is 13.6. The van der Waals surface area contributed by atoms with Gasteiger partial charge in [-0.25, -0.2) is 4.68 Å². The van der Waals surface area contributed by atoms with Crippen molar-refractivity contribution in [1.29, 1.82) is 0 Å². The van der Waals surface area contributed by atoms with Crippen LogP contribution in [0, 0.1) is 0 Å². The van der Waals surface area contributed by atoms with Gasteiger partial charge in [-0.3, -0.25) is 4.79 Å². The van der Waals surface area contributed by atoms with Crippen LogP contribution in [0.4, 0.5) is 5.69 Å². The Bertz CT molecular complexity index is 656. The van der Waals surface area contributed by atoms with Gasteiger partial charge in [0, 0.05) is 25.4 Å². The van der Waals surface area contributed by atoms with Gasteiger partial charge >= 0.3 is 0 Å². The molecule has 0 amide bonds. The molecule has 1 aromatic carbocycles. The second kappa shape index (κ2) is 6.91. The van der Waals surface area contributed by atoms with Crippen LogP contribution in [-0.4, -0.2) is 41.0 Å². The van der Waals surface area contributed by atoms with Crippen LogP contribution in [-0.2, 0) is 4.74 Å². The van der Waals surface area contributed by atoms with Gasteiger partial charge in [0.1, 0.15) is 11.8 Å². The molecule has 1 fully saturated rings. The van der Waals surface area contributed by atoms with Gasteiger partial charge in [-0.2, -0.15) is 0 Å². The number of carbonyl (C=O) groups is 1. The first-order chi connectivity index (χ1) is 11.3. The minimum absolute atomic E-state index is 0.104. The second-order valence-electron chi connectivity index (χ2n) is 5.58. The normalized spacial score (nSPS) is 17.4. The molecule has 0 N–H and O–H groups in total. The van der Waals surface area contributed by atoms with E-state index in [1.54, 1.807) is 4.68 Å². The highest BCUT2D eigenvalue weighted by atomic mass is 16.5. The molecule has 1 aliphatic heterocycles. The van der Waals surface area contributed by atoms with Crippen molar-refractivity contribution < 1.29 is 9.53 Å². The van der Waals surface area contributed by atoms with Crippen molar-refractivity contribution in [3.05, 3.63) is 35.7 Å². The summed E-state index contributed by atoms with van der Waals surface area (Å²) in [5.74, 6) is 0. The molecule has 1 atom stereocenters. The summed E-state index contributed by atoms with van der Waals surface area (Å²) < 4.78 is 7.46. The topological polar surface area (TPSA) is 60.2 Å². The lowest BCUT2D eigenvalue weighted by molar-refractivity contribution is 0.102. The summed E-state index contributed by atoms with van der Waals surface area (Å²) >= 11 is 0. The summed E-state index contributed by atoms with van der Waals surface area (Å²) in [6.45, 7) is 6.93. The van der Waals surface area contributed by atoms with E-state index in [2.05, 4.69) is 41.2 Å². The van der Waals surface area contributed by atoms with Crippen molar-refractivity contribution in [2.75, 3.05) is 24.6 Å². The summed E-state index contributed by atoms with van der Waals surface area (Å²) in [6.07, 6.45) is 2.54. The summed E-state index contributed by atoms with van der Waals surface area (Å²) in [6, 6.07) is 8.17. The Balaban J connectivity index is 1.95. The second-order valence-corrected chi connectivity index (χ2v) is 5.58. The monoisotopic (exact) mass is 314 g/mol. The van der Waals surface area contributed by atoms with Crippen LogP contribution >= 0.6 is 0 Å². The van der Waals surface area contributed by atoms with Crippen molar-refractivity contribution in [1.82, 2.24) is 15.0 Å². The predicted molar refractivity (Wildman–Crippen MR) is 88.2 cm³/mol. The molecule has 0 radical (unpaired) electrons. The molecule has 6 nitrogen and oxygen atoms in total. The van der Waals surface area contributed by atoms with Crippen molar-refractivity contribution in [3.63, 3.8) is 0 Å². The maximum absolute atomic E-state index is 11.3. The molecule has 1 aliphatic rings. The minimum atomic E-state index is -0.104. The average Bonchev–Trinajstić information content (AvgIpc) is 3.25.